The minimum absolute atomic E-state index is 0.0179. The second kappa shape index (κ2) is 3.92. The molecule has 82 valence electrons. The minimum atomic E-state index is 0.0179. The zero-order chi connectivity index (χ0) is 10.8. The quantitative estimate of drug-likeness (QED) is 0.779. The summed E-state index contributed by atoms with van der Waals surface area (Å²) in [5.41, 5.74) is 6.78. The Morgan fingerprint density at radius 2 is 2.20 bits per heavy atom. The average molecular weight is 208 g/mol. The third-order valence-electron chi connectivity index (χ3n) is 2.76. The molecule has 1 fully saturated rings. The number of likely N-dealkylation sites (tertiary alicyclic amines) is 1. The minimum Gasteiger partial charge on any atom is -0.396 e. The molecule has 0 aliphatic carbocycles. The molecule has 1 aliphatic heterocycles. The van der Waals surface area contributed by atoms with E-state index in [9.17, 15) is 4.79 Å². The molecule has 0 saturated carbocycles. The van der Waals surface area contributed by atoms with Gasteiger partial charge in [-0.2, -0.15) is 5.10 Å². The highest BCUT2D eigenvalue weighted by Gasteiger charge is 2.24. The molecular weight excluding hydrogens is 192 g/mol. The van der Waals surface area contributed by atoms with Crippen molar-refractivity contribution < 1.29 is 4.79 Å². The maximum absolute atomic E-state index is 12.1. The number of hydrogen-bond donors (Lipinski definition) is 1. The standard InChI is InChI=1S/C10H16N4O/c1-2-14-9(8(11)7-12-14)10(15)13-5-3-4-6-13/h7H,2-6,11H2,1H3. The van der Waals surface area contributed by atoms with E-state index in [1.165, 1.54) is 0 Å². The topological polar surface area (TPSA) is 64.2 Å². The molecule has 15 heavy (non-hydrogen) atoms. The first-order valence-corrected chi connectivity index (χ1v) is 5.34. The SMILES string of the molecule is CCn1ncc(N)c1C(=O)N1CCCC1. The van der Waals surface area contributed by atoms with Crippen LogP contribution in [0.3, 0.4) is 0 Å². The van der Waals surface area contributed by atoms with Gasteiger partial charge in [0.05, 0.1) is 11.9 Å². The molecule has 0 atom stereocenters. The van der Waals surface area contributed by atoms with Crippen LogP contribution >= 0.6 is 0 Å². The van der Waals surface area contributed by atoms with Gasteiger partial charge in [-0.15, -0.1) is 0 Å². The van der Waals surface area contributed by atoms with E-state index < -0.39 is 0 Å². The number of nitrogens with zero attached hydrogens (tertiary/aromatic N) is 3. The molecule has 2 N–H and O–H groups in total. The van der Waals surface area contributed by atoms with Gasteiger partial charge in [0.15, 0.2) is 0 Å². The van der Waals surface area contributed by atoms with Crippen molar-refractivity contribution in [3.05, 3.63) is 11.9 Å². The molecule has 1 aromatic rings. The lowest BCUT2D eigenvalue weighted by atomic mass is 10.3. The van der Waals surface area contributed by atoms with Gasteiger partial charge in [-0.1, -0.05) is 0 Å². The maximum Gasteiger partial charge on any atom is 0.274 e. The van der Waals surface area contributed by atoms with E-state index in [1.54, 1.807) is 10.9 Å². The van der Waals surface area contributed by atoms with E-state index in [4.69, 9.17) is 5.73 Å². The molecule has 1 aromatic heterocycles. The fourth-order valence-electron chi connectivity index (χ4n) is 1.94. The molecule has 2 rings (SSSR count). The van der Waals surface area contributed by atoms with Crippen LogP contribution in [0.25, 0.3) is 0 Å². The number of aryl methyl sites for hydroxylation is 1. The predicted octanol–water partition coefficient (Wildman–Crippen LogP) is 0.721. The second-order valence-corrected chi connectivity index (χ2v) is 3.76. The van der Waals surface area contributed by atoms with E-state index in [0.717, 1.165) is 25.9 Å². The van der Waals surface area contributed by atoms with Crippen LogP contribution < -0.4 is 5.73 Å². The van der Waals surface area contributed by atoms with Crippen LogP contribution in [-0.2, 0) is 6.54 Å². The summed E-state index contributed by atoms with van der Waals surface area (Å²) in [5.74, 6) is 0.0179. The first-order valence-electron chi connectivity index (χ1n) is 5.34. The summed E-state index contributed by atoms with van der Waals surface area (Å²) in [6.45, 7) is 4.31. The van der Waals surface area contributed by atoms with Gasteiger partial charge in [0.2, 0.25) is 0 Å². The fourth-order valence-corrected chi connectivity index (χ4v) is 1.94. The van der Waals surface area contributed by atoms with Gasteiger partial charge in [-0.25, -0.2) is 0 Å². The van der Waals surface area contributed by atoms with Crippen LogP contribution in [-0.4, -0.2) is 33.7 Å². The van der Waals surface area contributed by atoms with Crippen LogP contribution in [0, 0.1) is 0 Å². The molecule has 2 heterocycles. The van der Waals surface area contributed by atoms with Crippen LogP contribution in [0.5, 0.6) is 0 Å². The Labute approximate surface area is 88.8 Å². The number of carbonyl (C=O) groups is 1. The summed E-state index contributed by atoms with van der Waals surface area (Å²) >= 11 is 0. The molecule has 5 nitrogen and oxygen atoms in total. The third kappa shape index (κ3) is 1.69. The highest BCUT2D eigenvalue weighted by atomic mass is 16.2. The summed E-state index contributed by atoms with van der Waals surface area (Å²) in [6, 6.07) is 0. The summed E-state index contributed by atoms with van der Waals surface area (Å²) in [6.07, 6.45) is 3.73. The van der Waals surface area contributed by atoms with Crippen molar-refractivity contribution in [3.8, 4) is 0 Å². The zero-order valence-corrected chi connectivity index (χ0v) is 8.94. The van der Waals surface area contributed by atoms with Gasteiger partial charge in [0.25, 0.3) is 5.91 Å². The van der Waals surface area contributed by atoms with E-state index in [2.05, 4.69) is 5.10 Å². The van der Waals surface area contributed by atoms with Crippen molar-refractivity contribution in [1.29, 1.82) is 0 Å². The molecule has 0 unspecified atom stereocenters. The van der Waals surface area contributed by atoms with E-state index in [1.807, 2.05) is 11.8 Å². The fraction of sp³-hybridized carbons (Fsp3) is 0.600. The number of nitrogen functional groups attached to an aromatic ring is 1. The van der Waals surface area contributed by atoms with Crippen molar-refractivity contribution in [3.63, 3.8) is 0 Å². The molecular formula is C10H16N4O. The largest absolute Gasteiger partial charge is 0.396 e. The van der Waals surface area contributed by atoms with Crippen molar-refractivity contribution in [2.45, 2.75) is 26.3 Å². The molecule has 0 aromatic carbocycles. The summed E-state index contributed by atoms with van der Waals surface area (Å²) < 4.78 is 1.66. The summed E-state index contributed by atoms with van der Waals surface area (Å²) in [7, 11) is 0. The number of amides is 1. The van der Waals surface area contributed by atoms with Gasteiger partial charge in [0.1, 0.15) is 5.69 Å². The van der Waals surface area contributed by atoms with Gasteiger partial charge in [-0.05, 0) is 19.8 Å². The number of carbonyl (C=O) groups excluding carboxylic acids is 1. The van der Waals surface area contributed by atoms with E-state index in [0.29, 0.717) is 17.9 Å². The van der Waals surface area contributed by atoms with Gasteiger partial charge in [-0.3, -0.25) is 9.48 Å². The maximum atomic E-state index is 12.1. The number of anilines is 1. The Morgan fingerprint density at radius 1 is 1.53 bits per heavy atom. The number of aromatic nitrogens is 2. The molecule has 1 amide bonds. The van der Waals surface area contributed by atoms with E-state index in [-0.39, 0.29) is 5.91 Å². The first kappa shape index (κ1) is 10.0. The van der Waals surface area contributed by atoms with Gasteiger partial charge in [0, 0.05) is 19.6 Å². The molecule has 5 heteroatoms. The number of nitrogens with two attached hydrogens (primary N) is 1. The molecule has 1 aliphatic rings. The van der Waals surface area contributed by atoms with Crippen molar-refractivity contribution in [1.82, 2.24) is 14.7 Å². The Bertz CT molecular complexity index is 365. The number of hydrogen-bond acceptors (Lipinski definition) is 3. The zero-order valence-electron chi connectivity index (χ0n) is 8.94. The summed E-state index contributed by atoms with van der Waals surface area (Å²) in [5, 5.41) is 4.07. The van der Waals surface area contributed by atoms with Gasteiger partial charge < -0.3 is 10.6 Å². The van der Waals surface area contributed by atoms with Crippen LogP contribution in [0.15, 0.2) is 6.20 Å². The monoisotopic (exact) mass is 208 g/mol. The normalized spacial score (nSPS) is 15.9. The second-order valence-electron chi connectivity index (χ2n) is 3.76. The van der Waals surface area contributed by atoms with Gasteiger partial charge >= 0.3 is 0 Å². The molecule has 1 saturated heterocycles. The lowest BCUT2D eigenvalue weighted by Crippen LogP contribution is -2.30. The van der Waals surface area contributed by atoms with Crippen LogP contribution in [0.1, 0.15) is 30.3 Å². The average Bonchev–Trinajstić information content (AvgIpc) is 2.85. The van der Waals surface area contributed by atoms with Crippen molar-refractivity contribution in [2.75, 3.05) is 18.8 Å². The third-order valence-corrected chi connectivity index (χ3v) is 2.76. The molecule has 0 bridgehead atoms. The Morgan fingerprint density at radius 3 is 2.80 bits per heavy atom. The van der Waals surface area contributed by atoms with Crippen molar-refractivity contribution in [2.24, 2.45) is 0 Å². The Hall–Kier alpha value is -1.52. The lowest BCUT2D eigenvalue weighted by Gasteiger charge is -2.16. The molecule has 0 spiro atoms. The lowest BCUT2D eigenvalue weighted by molar-refractivity contribution is 0.0781. The summed E-state index contributed by atoms with van der Waals surface area (Å²) in [4.78, 5) is 13.9. The first-order chi connectivity index (χ1) is 7.24. The predicted molar refractivity (Wildman–Crippen MR) is 57.5 cm³/mol. The number of rotatable bonds is 2. The van der Waals surface area contributed by atoms with Crippen LogP contribution in [0.2, 0.25) is 0 Å². The van der Waals surface area contributed by atoms with Crippen molar-refractivity contribution >= 4 is 11.6 Å². The Balaban J connectivity index is 2.27. The van der Waals surface area contributed by atoms with E-state index >= 15 is 0 Å². The smallest absolute Gasteiger partial charge is 0.274 e. The highest BCUT2D eigenvalue weighted by Crippen LogP contribution is 2.17. The highest BCUT2D eigenvalue weighted by molar-refractivity contribution is 5.97. The Kier molecular flexibility index (Phi) is 2.62. The molecule has 0 radical (unpaired) electrons. The van der Waals surface area contributed by atoms with Crippen LogP contribution in [0.4, 0.5) is 5.69 Å².